The molecule has 1 amide bonds. The molecule has 3 heteroatoms. The highest BCUT2D eigenvalue weighted by Crippen LogP contribution is 2.14. The summed E-state index contributed by atoms with van der Waals surface area (Å²) in [6, 6.07) is 7.68. The van der Waals surface area contributed by atoms with Gasteiger partial charge in [0.05, 0.1) is 5.69 Å². The zero-order valence-corrected chi connectivity index (χ0v) is 11.5. The topological polar surface area (TPSA) is 46.3 Å². The molecule has 1 aromatic carbocycles. The molecule has 0 saturated carbocycles. The maximum absolute atomic E-state index is 11.9. The Morgan fingerprint density at radius 3 is 2.33 bits per heavy atom. The Labute approximate surface area is 110 Å². The summed E-state index contributed by atoms with van der Waals surface area (Å²) < 4.78 is 0. The maximum Gasteiger partial charge on any atom is 0.241 e. The van der Waals surface area contributed by atoms with E-state index < -0.39 is 0 Å². The van der Waals surface area contributed by atoms with Gasteiger partial charge in [0.1, 0.15) is 0 Å². The average molecular weight is 248 g/mol. The lowest BCUT2D eigenvalue weighted by Crippen LogP contribution is -2.37. The lowest BCUT2D eigenvalue weighted by molar-refractivity contribution is -0.118. The first-order valence-corrected chi connectivity index (χ1v) is 6.79. The summed E-state index contributed by atoms with van der Waals surface area (Å²) in [5.74, 6) is 5.81. The number of aryl methyl sites for hydroxylation is 1. The quantitative estimate of drug-likeness (QED) is 0.347. The van der Waals surface area contributed by atoms with Crippen LogP contribution >= 0.6 is 0 Å². The van der Waals surface area contributed by atoms with E-state index in [2.05, 4.69) is 6.92 Å². The van der Waals surface area contributed by atoms with Crippen LogP contribution in [0, 0.1) is 6.92 Å². The van der Waals surface area contributed by atoms with Crippen LogP contribution in [0.25, 0.3) is 0 Å². The summed E-state index contributed by atoms with van der Waals surface area (Å²) in [5, 5.41) is 1.26. The number of carbonyl (C=O) groups is 1. The van der Waals surface area contributed by atoms with Crippen molar-refractivity contribution in [2.24, 2.45) is 5.84 Å². The molecule has 18 heavy (non-hydrogen) atoms. The number of carbonyl (C=O) groups excluding carboxylic acids is 1. The van der Waals surface area contributed by atoms with Crippen LogP contribution in [0.2, 0.25) is 0 Å². The van der Waals surface area contributed by atoms with Gasteiger partial charge in [-0.25, -0.2) is 10.9 Å². The number of unbranched alkanes of at least 4 members (excludes halogenated alkanes) is 4. The minimum atomic E-state index is -0.00430. The molecule has 0 heterocycles. The Kier molecular flexibility index (Phi) is 6.44. The zero-order valence-electron chi connectivity index (χ0n) is 11.5. The molecule has 0 aliphatic carbocycles. The van der Waals surface area contributed by atoms with Crippen LogP contribution in [0.5, 0.6) is 0 Å². The van der Waals surface area contributed by atoms with Crippen LogP contribution in [-0.2, 0) is 4.79 Å². The van der Waals surface area contributed by atoms with Gasteiger partial charge in [0.25, 0.3) is 0 Å². The molecular weight excluding hydrogens is 224 g/mol. The Bertz CT molecular complexity index is 359. The molecule has 0 bridgehead atoms. The predicted molar refractivity (Wildman–Crippen MR) is 76.2 cm³/mol. The van der Waals surface area contributed by atoms with E-state index in [0.717, 1.165) is 18.5 Å². The molecule has 1 aromatic rings. The highest BCUT2D eigenvalue weighted by atomic mass is 16.2. The van der Waals surface area contributed by atoms with E-state index in [0.29, 0.717) is 6.42 Å². The third-order valence-electron chi connectivity index (χ3n) is 3.08. The SMILES string of the molecule is CCCCCCCC(=O)N(N)c1ccc(C)cc1. The smallest absolute Gasteiger partial charge is 0.241 e. The first-order chi connectivity index (χ1) is 8.65. The van der Waals surface area contributed by atoms with Gasteiger partial charge in [-0.05, 0) is 25.5 Å². The number of anilines is 1. The fourth-order valence-corrected chi connectivity index (χ4v) is 1.85. The fraction of sp³-hybridized carbons (Fsp3) is 0.533. The van der Waals surface area contributed by atoms with Crippen molar-refractivity contribution in [2.75, 3.05) is 5.01 Å². The molecule has 2 N–H and O–H groups in total. The fourth-order valence-electron chi connectivity index (χ4n) is 1.85. The van der Waals surface area contributed by atoms with Gasteiger partial charge < -0.3 is 0 Å². The number of hydrazine groups is 1. The Morgan fingerprint density at radius 2 is 1.72 bits per heavy atom. The molecule has 1 rings (SSSR count). The number of amides is 1. The second-order valence-electron chi connectivity index (χ2n) is 4.76. The standard InChI is InChI=1S/C15H24N2O/c1-3-4-5-6-7-8-15(18)17(16)14-11-9-13(2)10-12-14/h9-12H,3-8,16H2,1-2H3. The zero-order chi connectivity index (χ0) is 13.4. The summed E-state index contributed by atoms with van der Waals surface area (Å²) in [5.41, 5.74) is 1.93. The summed E-state index contributed by atoms with van der Waals surface area (Å²) in [4.78, 5) is 11.9. The monoisotopic (exact) mass is 248 g/mol. The van der Waals surface area contributed by atoms with Gasteiger partial charge in [0.2, 0.25) is 5.91 Å². The van der Waals surface area contributed by atoms with Gasteiger partial charge in [-0.1, -0.05) is 50.3 Å². The molecule has 0 saturated heterocycles. The number of rotatable bonds is 7. The summed E-state index contributed by atoms with van der Waals surface area (Å²) in [6.07, 6.45) is 6.26. The number of hydrogen-bond acceptors (Lipinski definition) is 2. The first kappa shape index (κ1) is 14.7. The van der Waals surface area contributed by atoms with Crippen molar-refractivity contribution in [1.82, 2.24) is 0 Å². The summed E-state index contributed by atoms with van der Waals surface area (Å²) in [7, 11) is 0. The van der Waals surface area contributed by atoms with E-state index in [1.807, 2.05) is 31.2 Å². The van der Waals surface area contributed by atoms with E-state index in [1.165, 1.54) is 29.8 Å². The lowest BCUT2D eigenvalue weighted by atomic mass is 10.1. The molecular formula is C15H24N2O. The predicted octanol–water partition coefficient (Wildman–Crippen LogP) is 3.56. The van der Waals surface area contributed by atoms with Gasteiger partial charge in [-0.2, -0.15) is 0 Å². The number of hydrogen-bond donors (Lipinski definition) is 1. The Morgan fingerprint density at radius 1 is 1.11 bits per heavy atom. The number of benzene rings is 1. The molecule has 0 unspecified atom stereocenters. The highest BCUT2D eigenvalue weighted by molar-refractivity contribution is 5.92. The van der Waals surface area contributed by atoms with Crippen molar-refractivity contribution >= 4 is 11.6 Å². The molecule has 0 fully saturated rings. The van der Waals surface area contributed by atoms with Crippen LogP contribution in [0.4, 0.5) is 5.69 Å². The minimum absolute atomic E-state index is 0.00430. The normalized spacial score (nSPS) is 10.4. The third-order valence-corrected chi connectivity index (χ3v) is 3.08. The molecule has 0 aromatic heterocycles. The van der Waals surface area contributed by atoms with Crippen LogP contribution in [-0.4, -0.2) is 5.91 Å². The van der Waals surface area contributed by atoms with Crippen molar-refractivity contribution < 1.29 is 4.79 Å². The van der Waals surface area contributed by atoms with E-state index in [4.69, 9.17) is 5.84 Å². The van der Waals surface area contributed by atoms with Crippen LogP contribution in [0.1, 0.15) is 51.0 Å². The molecule has 0 spiro atoms. The van der Waals surface area contributed by atoms with Crippen molar-refractivity contribution in [2.45, 2.75) is 52.4 Å². The second kappa shape index (κ2) is 7.88. The number of nitrogens with zero attached hydrogens (tertiary/aromatic N) is 1. The van der Waals surface area contributed by atoms with Gasteiger partial charge in [-0.3, -0.25) is 4.79 Å². The second-order valence-corrected chi connectivity index (χ2v) is 4.76. The van der Waals surface area contributed by atoms with Crippen molar-refractivity contribution in [1.29, 1.82) is 0 Å². The first-order valence-electron chi connectivity index (χ1n) is 6.79. The third kappa shape index (κ3) is 4.88. The van der Waals surface area contributed by atoms with Crippen molar-refractivity contribution in [3.8, 4) is 0 Å². The van der Waals surface area contributed by atoms with Gasteiger partial charge in [0.15, 0.2) is 0 Å². The van der Waals surface area contributed by atoms with E-state index in [1.54, 1.807) is 0 Å². The highest BCUT2D eigenvalue weighted by Gasteiger charge is 2.10. The average Bonchev–Trinajstić information content (AvgIpc) is 2.38. The molecule has 0 radical (unpaired) electrons. The van der Waals surface area contributed by atoms with E-state index in [-0.39, 0.29) is 5.91 Å². The van der Waals surface area contributed by atoms with Crippen LogP contribution < -0.4 is 10.9 Å². The van der Waals surface area contributed by atoms with Crippen LogP contribution in [0.3, 0.4) is 0 Å². The lowest BCUT2D eigenvalue weighted by Gasteiger charge is -2.16. The molecule has 100 valence electrons. The summed E-state index contributed by atoms with van der Waals surface area (Å²) in [6.45, 7) is 4.20. The van der Waals surface area contributed by atoms with Crippen LogP contribution in [0.15, 0.2) is 24.3 Å². The maximum atomic E-state index is 11.9. The largest absolute Gasteiger partial charge is 0.273 e. The van der Waals surface area contributed by atoms with Crippen molar-refractivity contribution in [3.63, 3.8) is 0 Å². The van der Waals surface area contributed by atoms with E-state index in [9.17, 15) is 4.79 Å². The Balaban J connectivity index is 2.34. The Hall–Kier alpha value is -1.35. The molecule has 0 aliphatic heterocycles. The van der Waals surface area contributed by atoms with Crippen molar-refractivity contribution in [3.05, 3.63) is 29.8 Å². The molecule has 0 atom stereocenters. The number of nitrogens with two attached hydrogens (primary N) is 1. The van der Waals surface area contributed by atoms with Gasteiger partial charge in [0, 0.05) is 6.42 Å². The van der Waals surface area contributed by atoms with E-state index >= 15 is 0 Å². The molecule has 0 aliphatic rings. The minimum Gasteiger partial charge on any atom is -0.273 e. The molecule has 3 nitrogen and oxygen atoms in total. The van der Waals surface area contributed by atoms with Gasteiger partial charge >= 0.3 is 0 Å². The van der Waals surface area contributed by atoms with Gasteiger partial charge in [-0.15, -0.1) is 0 Å². The summed E-state index contributed by atoms with van der Waals surface area (Å²) >= 11 is 0.